The Hall–Kier alpha value is -3.07. The Bertz CT molecular complexity index is 1380. The molecule has 0 radical (unpaired) electrons. The van der Waals surface area contributed by atoms with Gasteiger partial charge in [-0.3, -0.25) is 13.9 Å². The van der Waals surface area contributed by atoms with Gasteiger partial charge in [0.05, 0.1) is 10.6 Å². The van der Waals surface area contributed by atoms with E-state index in [9.17, 15) is 18.0 Å². The van der Waals surface area contributed by atoms with Crippen molar-refractivity contribution in [2.45, 2.75) is 44.7 Å². The monoisotopic (exact) mass is 575 g/mol. The van der Waals surface area contributed by atoms with Crippen LogP contribution < -0.4 is 9.62 Å². The van der Waals surface area contributed by atoms with Crippen LogP contribution in [0.2, 0.25) is 10.0 Å². The lowest BCUT2D eigenvalue weighted by Gasteiger charge is -2.32. The normalized spacial score (nSPS) is 12.0. The lowest BCUT2D eigenvalue weighted by Crippen LogP contribution is -2.51. The highest BCUT2D eigenvalue weighted by Crippen LogP contribution is 2.28. The topological polar surface area (TPSA) is 86.8 Å². The first-order valence-corrected chi connectivity index (χ1v) is 14.4. The highest BCUT2D eigenvalue weighted by molar-refractivity contribution is 7.92. The molecule has 0 unspecified atom stereocenters. The maximum Gasteiger partial charge on any atom is 0.264 e. The number of hydrogen-bond acceptors (Lipinski definition) is 4. The number of halogens is 2. The second kappa shape index (κ2) is 13.1. The average Bonchev–Trinajstić information content (AvgIpc) is 2.90. The molecule has 38 heavy (non-hydrogen) atoms. The molecule has 3 rings (SSSR count). The summed E-state index contributed by atoms with van der Waals surface area (Å²) in [6.45, 7) is 5.28. The van der Waals surface area contributed by atoms with Gasteiger partial charge in [0.1, 0.15) is 12.6 Å². The summed E-state index contributed by atoms with van der Waals surface area (Å²) in [6.07, 6.45) is 0.733. The minimum atomic E-state index is -4.16. The van der Waals surface area contributed by atoms with E-state index in [2.05, 4.69) is 5.32 Å². The summed E-state index contributed by atoms with van der Waals surface area (Å²) >= 11 is 12.4. The van der Waals surface area contributed by atoms with Crippen LogP contribution in [0, 0.1) is 6.92 Å². The number of nitrogens with zero attached hydrogens (tertiary/aromatic N) is 2. The van der Waals surface area contributed by atoms with Crippen molar-refractivity contribution in [3.63, 3.8) is 0 Å². The number of hydrogen-bond donors (Lipinski definition) is 1. The minimum Gasteiger partial charge on any atom is -0.354 e. The van der Waals surface area contributed by atoms with Crippen LogP contribution in [-0.4, -0.2) is 44.3 Å². The number of para-hydroxylation sites is 1. The van der Waals surface area contributed by atoms with E-state index in [1.54, 1.807) is 62.4 Å². The first-order valence-electron chi connectivity index (χ1n) is 12.2. The minimum absolute atomic E-state index is 0.00987. The standard InChI is InChI=1S/C28H31Cl2N3O4S/c1-4-17-31-28(35)21(3)32(18-22-10-6-7-11-25(22)30)27(34)19-33(26-12-8-5-9-20(26)2)38(36,37)24-15-13-23(29)14-16-24/h5-16,21H,4,17-19H2,1-3H3,(H,31,35)/t21-/m0/s1. The number of carbonyl (C=O) groups excluding carboxylic acids is 2. The molecule has 1 N–H and O–H groups in total. The van der Waals surface area contributed by atoms with Crippen LogP contribution in [0.25, 0.3) is 0 Å². The molecule has 0 saturated heterocycles. The van der Waals surface area contributed by atoms with Crippen molar-refractivity contribution in [3.8, 4) is 0 Å². The lowest BCUT2D eigenvalue weighted by atomic mass is 10.1. The molecular formula is C28H31Cl2N3O4S. The molecule has 0 aliphatic rings. The molecule has 0 bridgehead atoms. The number of rotatable bonds is 11. The fourth-order valence-corrected chi connectivity index (χ4v) is 5.68. The predicted octanol–water partition coefficient (Wildman–Crippen LogP) is 5.44. The summed E-state index contributed by atoms with van der Waals surface area (Å²) in [5, 5.41) is 3.64. The Balaban J connectivity index is 2.04. The molecule has 0 spiro atoms. The van der Waals surface area contributed by atoms with Crippen LogP contribution in [0.3, 0.4) is 0 Å². The number of nitrogens with one attached hydrogen (secondary N) is 1. The Morgan fingerprint density at radius 3 is 2.21 bits per heavy atom. The van der Waals surface area contributed by atoms with Crippen LogP contribution in [0.1, 0.15) is 31.4 Å². The maximum absolute atomic E-state index is 13.9. The smallest absolute Gasteiger partial charge is 0.264 e. The molecule has 0 aliphatic heterocycles. The molecule has 1 atom stereocenters. The molecule has 0 aliphatic carbocycles. The van der Waals surface area contributed by atoms with E-state index >= 15 is 0 Å². The SMILES string of the molecule is CCCNC(=O)[C@H](C)N(Cc1ccccc1Cl)C(=O)CN(c1ccccc1C)S(=O)(=O)c1ccc(Cl)cc1. The zero-order valence-corrected chi connectivity index (χ0v) is 23.9. The maximum atomic E-state index is 13.9. The van der Waals surface area contributed by atoms with E-state index in [0.29, 0.717) is 33.4 Å². The zero-order chi connectivity index (χ0) is 27.9. The molecule has 3 aromatic rings. The van der Waals surface area contributed by atoms with E-state index in [0.717, 1.165) is 10.7 Å². The Morgan fingerprint density at radius 1 is 0.947 bits per heavy atom. The van der Waals surface area contributed by atoms with Gasteiger partial charge in [-0.1, -0.05) is 66.5 Å². The highest BCUT2D eigenvalue weighted by atomic mass is 35.5. The third-order valence-electron chi connectivity index (χ3n) is 6.08. The van der Waals surface area contributed by atoms with Gasteiger partial charge in [0, 0.05) is 23.1 Å². The number of aryl methyl sites for hydroxylation is 1. The van der Waals surface area contributed by atoms with E-state index in [1.807, 2.05) is 6.92 Å². The fourth-order valence-electron chi connectivity index (χ4n) is 3.88. The van der Waals surface area contributed by atoms with Gasteiger partial charge in [0.2, 0.25) is 11.8 Å². The van der Waals surface area contributed by atoms with Crippen LogP contribution in [0.5, 0.6) is 0 Å². The number of anilines is 1. The third-order valence-corrected chi connectivity index (χ3v) is 8.47. The summed E-state index contributed by atoms with van der Waals surface area (Å²) in [4.78, 5) is 28.1. The van der Waals surface area contributed by atoms with E-state index in [4.69, 9.17) is 23.2 Å². The zero-order valence-electron chi connectivity index (χ0n) is 21.5. The highest BCUT2D eigenvalue weighted by Gasteiger charge is 2.33. The molecule has 0 fully saturated rings. The van der Waals surface area contributed by atoms with E-state index < -0.39 is 28.5 Å². The van der Waals surface area contributed by atoms with E-state index in [-0.39, 0.29) is 17.3 Å². The van der Waals surface area contributed by atoms with Crippen LogP contribution in [-0.2, 0) is 26.2 Å². The molecule has 0 heterocycles. The van der Waals surface area contributed by atoms with Gasteiger partial charge >= 0.3 is 0 Å². The molecular weight excluding hydrogens is 545 g/mol. The van der Waals surface area contributed by atoms with E-state index in [1.165, 1.54) is 29.2 Å². The Labute approximate surface area is 234 Å². The fraction of sp³-hybridized carbons (Fsp3) is 0.286. The number of carbonyl (C=O) groups is 2. The Morgan fingerprint density at radius 2 is 1.58 bits per heavy atom. The largest absolute Gasteiger partial charge is 0.354 e. The predicted molar refractivity (Wildman–Crippen MR) is 152 cm³/mol. The summed E-state index contributed by atoms with van der Waals surface area (Å²) in [6, 6.07) is 18.8. The van der Waals surface area contributed by atoms with Crippen molar-refractivity contribution >= 4 is 50.7 Å². The first kappa shape index (κ1) is 29.5. The van der Waals surface area contributed by atoms with Crippen LogP contribution in [0.15, 0.2) is 77.7 Å². The summed E-state index contributed by atoms with van der Waals surface area (Å²) < 4.78 is 28.7. The van der Waals surface area contributed by atoms with Gasteiger partial charge in [0.25, 0.3) is 10.0 Å². The number of sulfonamides is 1. The number of benzene rings is 3. The quantitative estimate of drug-likeness (QED) is 0.330. The summed E-state index contributed by atoms with van der Waals surface area (Å²) in [5.74, 6) is -0.889. The second-order valence-electron chi connectivity index (χ2n) is 8.83. The molecule has 0 aromatic heterocycles. The van der Waals surface area contributed by atoms with Gasteiger partial charge in [-0.05, 0) is 67.8 Å². The molecule has 0 saturated carbocycles. The van der Waals surface area contributed by atoms with Gasteiger partial charge in [0.15, 0.2) is 0 Å². The van der Waals surface area contributed by atoms with Crippen molar-refractivity contribution < 1.29 is 18.0 Å². The van der Waals surface area contributed by atoms with Gasteiger partial charge < -0.3 is 10.2 Å². The second-order valence-corrected chi connectivity index (χ2v) is 11.5. The van der Waals surface area contributed by atoms with Crippen molar-refractivity contribution in [1.29, 1.82) is 0 Å². The lowest BCUT2D eigenvalue weighted by molar-refractivity contribution is -0.139. The molecule has 3 aromatic carbocycles. The molecule has 202 valence electrons. The number of amides is 2. The molecule has 7 nitrogen and oxygen atoms in total. The Kier molecular flexibility index (Phi) is 10.2. The van der Waals surface area contributed by atoms with Crippen molar-refractivity contribution in [2.24, 2.45) is 0 Å². The third kappa shape index (κ3) is 7.07. The molecule has 2 amide bonds. The molecule has 10 heteroatoms. The van der Waals surface area contributed by atoms with Crippen molar-refractivity contribution in [3.05, 3.63) is 94.0 Å². The summed E-state index contributed by atoms with van der Waals surface area (Å²) in [5.41, 5.74) is 1.67. The van der Waals surface area contributed by atoms with Crippen molar-refractivity contribution in [1.82, 2.24) is 10.2 Å². The van der Waals surface area contributed by atoms with Gasteiger partial charge in [-0.15, -0.1) is 0 Å². The van der Waals surface area contributed by atoms with Gasteiger partial charge in [-0.2, -0.15) is 0 Å². The first-order chi connectivity index (χ1) is 18.1. The van der Waals surface area contributed by atoms with Gasteiger partial charge in [-0.25, -0.2) is 8.42 Å². The average molecular weight is 577 g/mol. The van der Waals surface area contributed by atoms with Crippen LogP contribution >= 0.6 is 23.2 Å². The van der Waals surface area contributed by atoms with Crippen molar-refractivity contribution in [2.75, 3.05) is 17.4 Å². The summed E-state index contributed by atoms with van der Waals surface area (Å²) in [7, 11) is -4.16. The van der Waals surface area contributed by atoms with Crippen LogP contribution in [0.4, 0.5) is 5.69 Å².